The standard InChI is InChI=1S/C19H29FN2O2/c1-14(2)24-13-15-9-11-22(12-10-15)19(23)18(21(3)4)16-5-7-17(20)8-6-16/h5-8,14-15,18H,9-13H2,1-4H3/t18-/m1/s1. The number of likely N-dealkylation sites (N-methyl/N-ethyl adjacent to an activating group) is 1. The van der Waals surface area contributed by atoms with Crippen molar-refractivity contribution in [3.8, 4) is 0 Å². The Morgan fingerprint density at radius 2 is 1.83 bits per heavy atom. The second kappa shape index (κ2) is 8.58. The first kappa shape index (κ1) is 18.9. The fraction of sp³-hybridized carbons (Fsp3) is 0.632. The monoisotopic (exact) mass is 336 g/mol. The number of piperidine rings is 1. The van der Waals surface area contributed by atoms with E-state index in [9.17, 15) is 9.18 Å². The van der Waals surface area contributed by atoms with Gasteiger partial charge in [0.15, 0.2) is 0 Å². The largest absolute Gasteiger partial charge is 0.379 e. The fourth-order valence-electron chi connectivity index (χ4n) is 3.13. The third-order valence-corrected chi connectivity index (χ3v) is 4.53. The highest BCUT2D eigenvalue weighted by molar-refractivity contribution is 5.83. The molecule has 1 atom stereocenters. The summed E-state index contributed by atoms with van der Waals surface area (Å²) in [5.41, 5.74) is 0.830. The molecule has 1 heterocycles. The molecular formula is C19H29FN2O2. The first-order valence-corrected chi connectivity index (χ1v) is 8.70. The fourth-order valence-corrected chi connectivity index (χ4v) is 3.13. The SMILES string of the molecule is CC(C)OCC1CCN(C(=O)[C@@H](c2ccc(F)cc2)N(C)C)CC1. The zero-order valence-electron chi connectivity index (χ0n) is 15.2. The first-order valence-electron chi connectivity index (χ1n) is 8.70. The van der Waals surface area contributed by atoms with Gasteiger partial charge in [0, 0.05) is 19.7 Å². The molecule has 1 fully saturated rings. The smallest absolute Gasteiger partial charge is 0.244 e. The highest BCUT2D eigenvalue weighted by Gasteiger charge is 2.30. The quantitative estimate of drug-likeness (QED) is 0.800. The van der Waals surface area contributed by atoms with Gasteiger partial charge in [-0.05, 0) is 64.4 Å². The van der Waals surface area contributed by atoms with E-state index in [1.54, 1.807) is 12.1 Å². The van der Waals surface area contributed by atoms with Crippen molar-refractivity contribution in [2.45, 2.75) is 38.8 Å². The number of benzene rings is 1. The zero-order valence-corrected chi connectivity index (χ0v) is 15.2. The molecule has 2 rings (SSSR count). The van der Waals surface area contributed by atoms with Crippen molar-refractivity contribution >= 4 is 5.91 Å². The number of rotatable bonds is 6. The number of nitrogens with zero attached hydrogens (tertiary/aromatic N) is 2. The van der Waals surface area contributed by atoms with E-state index in [-0.39, 0.29) is 23.9 Å². The molecule has 0 N–H and O–H groups in total. The van der Waals surface area contributed by atoms with Crippen molar-refractivity contribution in [1.29, 1.82) is 0 Å². The second-order valence-electron chi connectivity index (χ2n) is 7.07. The molecule has 1 aliphatic heterocycles. The lowest BCUT2D eigenvalue weighted by atomic mass is 9.96. The lowest BCUT2D eigenvalue weighted by Crippen LogP contribution is -2.45. The molecule has 0 unspecified atom stereocenters. The maximum Gasteiger partial charge on any atom is 0.244 e. The van der Waals surface area contributed by atoms with Crippen molar-refractivity contribution in [3.05, 3.63) is 35.6 Å². The summed E-state index contributed by atoms with van der Waals surface area (Å²) in [6.07, 6.45) is 2.20. The van der Waals surface area contributed by atoms with Crippen LogP contribution in [0.4, 0.5) is 4.39 Å². The maximum atomic E-state index is 13.2. The van der Waals surface area contributed by atoms with Crippen LogP contribution in [-0.2, 0) is 9.53 Å². The highest BCUT2D eigenvalue weighted by Crippen LogP contribution is 2.25. The van der Waals surface area contributed by atoms with Crippen molar-refractivity contribution < 1.29 is 13.9 Å². The van der Waals surface area contributed by atoms with Crippen LogP contribution < -0.4 is 0 Å². The van der Waals surface area contributed by atoms with Crippen LogP contribution in [0.2, 0.25) is 0 Å². The average Bonchev–Trinajstić information content (AvgIpc) is 2.55. The van der Waals surface area contributed by atoms with E-state index in [1.807, 2.05) is 37.7 Å². The van der Waals surface area contributed by atoms with Gasteiger partial charge in [-0.15, -0.1) is 0 Å². The van der Waals surface area contributed by atoms with E-state index in [0.29, 0.717) is 5.92 Å². The number of ether oxygens (including phenoxy) is 1. The van der Waals surface area contributed by atoms with E-state index in [4.69, 9.17) is 4.74 Å². The van der Waals surface area contributed by atoms with Gasteiger partial charge in [-0.3, -0.25) is 9.69 Å². The van der Waals surface area contributed by atoms with E-state index in [1.165, 1.54) is 12.1 Å². The van der Waals surface area contributed by atoms with Crippen molar-refractivity contribution in [3.63, 3.8) is 0 Å². The molecule has 1 saturated heterocycles. The van der Waals surface area contributed by atoms with Crippen LogP contribution in [0.15, 0.2) is 24.3 Å². The van der Waals surface area contributed by atoms with Gasteiger partial charge in [0.05, 0.1) is 6.10 Å². The maximum absolute atomic E-state index is 13.2. The molecule has 134 valence electrons. The lowest BCUT2D eigenvalue weighted by Gasteiger charge is -2.36. The Morgan fingerprint density at radius 3 is 2.33 bits per heavy atom. The molecule has 4 nitrogen and oxygen atoms in total. The zero-order chi connectivity index (χ0) is 17.7. The Labute approximate surface area is 144 Å². The van der Waals surface area contributed by atoms with Crippen molar-refractivity contribution in [2.24, 2.45) is 5.92 Å². The predicted molar refractivity (Wildman–Crippen MR) is 93.2 cm³/mol. The number of hydrogen-bond acceptors (Lipinski definition) is 3. The van der Waals surface area contributed by atoms with Gasteiger partial charge in [0.1, 0.15) is 11.9 Å². The molecule has 0 aliphatic carbocycles. The molecule has 0 radical (unpaired) electrons. The minimum atomic E-state index is -0.367. The number of carbonyl (C=O) groups excluding carboxylic acids is 1. The normalized spacial score (nSPS) is 17.5. The van der Waals surface area contributed by atoms with Gasteiger partial charge in [-0.25, -0.2) is 4.39 Å². The summed E-state index contributed by atoms with van der Waals surface area (Å²) >= 11 is 0. The first-order chi connectivity index (χ1) is 11.4. The third kappa shape index (κ3) is 5.02. The summed E-state index contributed by atoms with van der Waals surface area (Å²) in [6, 6.07) is 5.85. The number of likely N-dealkylation sites (tertiary alicyclic amines) is 1. The predicted octanol–water partition coefficient (Wildman–Crippen LogP) is 3.09. The summed E-state index contributed by atoms with van der Waals surface area (Å²) < 4.78 is 18.9. The van der Waals surface area contributed by atoms with Crippen molar-refractivity contribution in [2.75, 3.05) is 33.8 Å². The Balaban J connectivity index is 1.97. The molecule has 5 heteroatoms. The second-order valence-corrected chi connectivity index (χ2v) is 7.07. The van der Waals surface area contributed by atoms with Crippen LogP contribution in [0.25, 0.3) is 0 Å². The van der Waals surface area contributed by atoms with Gasteiger partial charge < -0.3 is 9.64 Å². The Kier molecular flexibility index (Phi) is 6.75. The molecule has 1 aliphatic rings. The Bertz CT molecular complexity index is 523. The number of halogens is 1. The molecule has 24 heavy (non-hydrogen) atoms. The topological polar surface area (TPSA) is 32.8 Å². The van der Waals surface area contributed by atoms with Crippen LogP contribution in [0.3, 0.4) is 0 Å². The van der Waals surface area contributed by atoms with Crippen LogP contribution in [0.5, 0.6) is 0 Å². The van der Waals surface area contributed by atoms with Crippen molar-refractivity contribution in [1.82, 2.24) is 9.80 Å². The lowest BCUT2D eigenvalue weighted by molar-refractivity contribution is -0.138. The Hall–Kier alpha value is -1.46. The summed E-state index contributed by atoms with van der Waals surface area (Å²) in [5, 5.41) is 0. The van der Waals surface area contributed by atoms with E-state index < -0.39 is 0 Å². The van der Waals surface area contributed by atoms with Gasteiger partial charge in [0.2, 0.25) is 5.91 Å². The van der Waals surface area contributed by atoms with Crippen LogP contribution in [-0.4, -0.2) is 55.6 Å². The highest BCUT2D eigenvalue weighted by atomic mass is 19.1. The van der Waals surface area contributed by atoms with Gasteiger partial charge in [-0.1, -0.05) is 12.1 Å². The number of hydrogen-bond donors (Lipinski definition) is 0. The van der Waals surface area contributed by atoms with Gasteiger partial charge in [-0.2, -0.15) is 0 Å². The average molecular weight is 336 g/mol. The third-order valence-electron chi connectivity index (χ3n) is 4.53. The number of carbonyl (C=O) groups is 1. The molecule has 0 spiro atoms. The number of amides is 1. The van der Waals surface area contributed by atoms with E-state index >= 15 is 0 Å². The summed E-state index contributed by atoms with van der Waals surface area (Å²) in [7, 11) is 3.77. The molecule has 1 amide bonds. The molecule has 1 aromatic rings. The molecule has 1 aromatic carbocycles. The molecular weight excluding hydrogens is 307 g/mol. The van der Waals surface area contributed by atoms with E-state index in [2.05, 4.69) is 0 Å². The van der Waals surface area contributed by atoms with Gasteiger partial charge in [0.25, 0.3) is 0 Å². The van der Waals surface area contributed by atoms with Crippen LogP contribution >= 0.6 is 0 Å². The molecule has 0 aromatic heterocycles. The van der Waals surface area contributed by atoms with Crippen LogP contribution in [0, 0.1) is 11.7 Å². The van der Waals surface area contributed by atoms with Crippen LogP contribution in [0.1, 0.15) is 38.3 Å². The Morgan fingerprint density at radius 1 is 1.25 bits per heavy atom. The minimum Gasteiger partial charge on any atom is -0.379 e. The summed E-state index contributed by atoms with van der Waals surface area (Å²) in [4.78, 5) is 16.8. The minimum absolute atomic E-state index is 0.0924. The molecule has 0 saturated carbocycles. The summed E-state index contributed by atoms with van der Waals surface area (Å²) in [6.45, 7) is 6.38. The van der Waals surface area contributed by atoms with E-state index in [0.717, 1.165) is 38.1 Å². The molecule has 0 bridgehead atoms. The van der Waals surface area contributed by atoms with Gasteiger partial charge >= 0.3 is 0 Å². The summed E-state index contributed by atoms with van der Waals surface area (Å²) in [5.74, 6) is 0.338.